The van der Waals surface area contributed by atoms with Gasteiger partial charge in [-0.05, 0) is 0 Å². The summed E-state index contributed by atoms with van der Waals surface area (Å²) in [5.74, 6) is 0.162. The summed E-state index contributed by atoms with van der Waals surface area (Å²) < 4.78 is 12.4. The summed E-state index contributed by atoms with van der Waals surface area (Å²) in [6.45, 7) is -0.330. The maximum Gasteiger partial charge on any atom is 0.224 e. The lowest BCUT2D eigenvalue weighted by atomic mass is 10.1. The Morgan fingerprint density at radius 2 is 2.19 bits per heavy atom. The Morgan fingerprint density at radius 1 is 1.43 bits per heavy atom. The van der Waals surface area contributed by atoms with E-state index < -0.39 is 24.5 Å². The number of nitrogen functional groups attached to an aromatic ring is 2. The zero-order valence-electron chi connectivity index (χ0n) is 11.2. The number of aliphatic hydroxyl groups is 2. The molecule has 0 aromatic carbocycles. The molecule has 1 aliphatic heterocycles. The summed E-state index contributed by atoms with van der Waals surface area (Å²) in [4.78, 5) is 12.1. The molecule has 1 fully saturated rings. The van der Waals surface area contributed by atoms with E-state index in [2.05, 4.69) is 15.0 Å². The SMILES string of the molecule is CO[C@@H]1C(O)[C@@H](CO)O[C@H]1n1cnc2c(N)nc(N)nc21. The maximum absolute atomic E-state index is 10.1. The van der Waals surface area contributed by atoms with Crippen LogP contribution in [-0.4, -0.2) is 61.8 Å². The van der Waals surface area contributed by atoms with Crippen LogP contribution in [0.2, 0.25) is 0 Å². The van der Waals surface area contributed by atoms with Crippen LogP contribution in [0.4, 0.5) is 11.8 Å². The second-order valence-electron chi connectivity index (χ2n) is 4.73. The molecule has 2 aromatic heterocycles. The van der Waals surface area contributed by atoms with Gasteiger partial charge in [0.2, 0.25) is 5.95 Å². The molecule has 6 N–H and O–H groups in total. The molecule has 0 spiro atoms. The molecule has 10 nitrogen and oxygen atoms in total. The Labute approximate surface area is 119 Å². The number of nitrogens with two attached hydrogens (primary N) is 2. The van der Waals surface area contributed by atoms with Gasteiger partial charge < -0.3 is 31.2 Å². The fourth-order valence-corrected chi connectivity index (χ4v) is 2.49. The first-order chi connectivity index (χ1) is 10.1. The minimum absolute atomic E-state index is 0.00738. The summed E-state index contributed by atoms with van der Waals surface area (Å²) in [7, 11) is 1.45. The van der Waals surface area contributed by atoms with Gasteiger partial charge >= 0.3 is 0 Å². The van der Waals surface area contributed by atoms with Crippen molar-refractivity contribution in [1.82, 2.24) is 19.5 Å². The second-order valence-corrected chi connectivity index (χ2v) is 4.73. The highest BCUT2D eigenvalue weighted by Gasteiger charge is 2.45. The number of ether oxygens (including phenoxy) is 2. The Bertz CT molecular complexity index is 661. The molecule has 3 rings (SSSR count). The Kier molecular flexibility index (Phi) is 3.37. The lowest BCUT2D eigenvalue weighted by Crippen LogP contribution is -2.34. The number of rotatable bonds is 3. The minimum atomic E-state index is -0.973. The van der Waals surface area contributed by atoms with Crippen LogP contribution in [0.1, 0.15) is 6.23 Å². The van der Waals surface area contributed by atoms with Gasteiger partial charge in [0.15, 0.2) is 17.7 Å². The molecule has 0 amide bonds. The van der Waals surface area contributed by atoms with Gasteiger partial charge in [-0.2, -0.15) is 9.97 Å². The van der Waals surface area contributed by atoms with Crippen molar-refractivity contribution in [2.45, 2.75) is 24.5 Å². The molecule has 1 unspecified atom stereocenters. The number of aromatic nitrogens is 4. The molecule has 21 heavy (non-hydrogen) atoms. The van der Waals surface area contributed by atoms with Gasteiger partial charge in [-0.15, -0.1) is 0 Å². The highest BCUT2D eigenvalue weighted by Crippen LogP contribution is 2.33. The van der Waals surface area contributed by atoms with Gasteiger partial charge in [-0.3, -0.25) is 4.57 Å². The van der Waals surface area contributed by atoms with Crippen LogP contribution in [0.15, 0.2) is 6.33 Å². The van der Waals surface area contributed by atoms with E-state index in [1.165, 1.54) is 13.4 Å². The third-order valence-corrected chi connectivity index (χ3v) is 3.50. The van der Waals surface area contributed by atoms with Crippen LogP contribution in [-0.2, 0) is 9.47 Å². The van der Waals surface area contributed by atoms with E-state index in [-0.39, 0.29) is 18.4 Å². The van der Waals surface area contributed by atoms with Crippen molar-refractivity contribution in [1.29, 1.82) is 0 Å². The molecule has 4 atom stereocenters. The fraction of sp³-hybridized carbons (Fsp3) is 0.545. The summed E-state index contributed by atoms with van der Waals surface area (Å²) in [6.07, 6.45) is -1.66. The van der Waals surface area contributed by atoms with Gasteiger partial charge in [0.05, 0.1) is 12.9 Å². The van der Waals surface area contributed by atoms with E-state index in [0.29, 0.717) is 11.2 Å². The molecule has 2 aromatic rings. The zero-order chi connectivity index (χ0) is 15.1. The minimum Gasteiger partial charge on any atom is -0.394 e. The molecule has 0 saturated carbocycles. The third-order valence-electron chi connectivity index (χ3n) is 3.50. The maximum atomic E-state index is 10.1. The molecular formula is C11H16N6O4. The molecule has 0 aliphatic carbocycles. The standard InChI is InChI=1S/C11H16N6O4/c1-20-7-6(19)4(2-18)21-10(7)17-3-14-5-8(12)15-11(13)16-9(5)17/h3-4,6-7,10,18-19H,2H2,1H3,(H4,12,13,15,16)/t4-,6?,7-,10-/m1/s1. The van der Waals surface area contributed by atoms with E-state index in [1.54, 1.807) is 4.57 Å². The van der Waals surface area contributed by atoms with Gasteiger partial charge in [0.1, 0.15) is 23.8 Å². The highest BCUT2D eigenvalue weighted by atomic mass is 16.6. The average Bonchev–Trinajstić information content (AvgIpc) is 2.99. The fourth-order valence-electron chi connectivity index (χ4n) is 2.49. The molecule has 1 aliphatic rings. The number of hydrogen-bond acceptors (Lipinski definition) is 9. The molecule has 3 heterocycles. The largest absolute Gasteiger partial charge is 0.394 e. The number of aliphatic hydroxyl groups excluding tert-OH is 2. The smallest absolute Gasteiger partial charge is 0.224 e. The summed E-state index contributed by atoms with van der Waals surface area (Å²) in [5, 5.41) is 19.3. The quantitative estimate of drug-likeness (QED) is 0.516. The number of methoxy groups -OCH3 is 1. The van der Waals surface area contributed by atoms with E-state index >= 15 is 0 Å². The van der Waals surface area contributed by atoms with E-state index in [1.807, 2.05) is 0 Å². The number of fused-ring (bicyclic) bond motifs is 1. The van der Waals surface area contributed by atoms with Crippen LogP contribution in [0.3, 0.4) is 0 Å². The normalized spacial score (nSPS) is 29.3. The van der Waals surface area contributed by atoms with Crippen molar-refractivity contribution < 1.29 is 19.7 Å². The Balaban J connectivity index is 2.08. The molecule has 114 valence electrons. The Morgan fingerprint density at radius 3 is 2.86 bits per heavy atom. The number of anilines is 2. The molecule has 10 heteroatoms. The second kappa shape index (κ2) is 5.07. The summed E-state index contributed by atoms with van der Waals surface area (Å²) in [5.41, 5.74) is 12.1. The molecule has 0 radical (unpaired) electrons. The van der Waals surface area contributed by atoms with Gasteiger partial charge in [-0.1, -0.05) is 0 Å². The van der Waals surface area contributed by atoms with Crippen molar-refractivity contribution in [3.05, 3.63) is 6.33 Å². The molecule has 1 saturated heterocycles. The Hall–Kier alpha value is -2.01. The van der Waals surface area contributed by atoms with E-state index in [4.69, 9.17) is 20.9 Å². The summed E-state index contributed by atoms with van der Waals surface area (Å²) in [6, 6.07) is 0. The number of nitrogens with zero attached hydrogens (tertiary/aromatic N) is 4. The lowest BCUT2D eigenvalue weighted by molar-refractivity contribution is -0.0583. The average molecular weight is 296 g/mol. The van der Waals surface area contributed by atoms with Crippen LogP contribution in [0.25, 0.3) is 11.2 Å². The van der Waals surface area contributed by atoms with Crippen LogP contribution in [0.5, 0.6) is 0 Å². The van der Waals surface area contributed by atoms with Crippen molar-refractivity contribution in [3.63, 3.8) is 0 Å². The predicted octanol–water partition coefficient (Wildman–Crippen LogP) is -1.74. The summed E-state index contributed by atoms with van der Waals surface area (Å²) >= 11 is 0. The van der Waals surface area contributed by atoms with E-state index in [9.17, 15) is 10.2 Å². The van der Waals surface area contributed by atoms with Gasteiger partial charge in [0, 0.05) is 7.11 Å². The zero-order valence-corrected chi connectivity index (χ0v) is 11.2. The molecular weight excluding hydrogens is 280 g/mol. The predicted molar refractivity (Wildman–Crippen MR) is 71.9 cm³/mol. The first kappa shape index (κ1) is 13.9. The first-order valence-corrected chi connectivity index (χ1v) is 6.29. The van der Waals surface area contributed by atoms with Gasteiger partial charge in [-0.25, -0.2) is 4.98 Å². The van der Waals surface area contributed by atoms with Crippen molar-refractivity contribution in [3.8, 4) is 0 Å². The van der Waals surface area contributed by atoms with Crippen molar-refractivity contribution in [2.24, 2.45) is 0 Å². The monoisotopic (exact) mass is 296 g/mol. The lowest BCUT2D eigenvalue weighted by Gasteiger charge is -2.19. The number of hydrogen-bond donors (Lipinski definition) is 4. The van der Waals surface area contributed by atoms with Crippen LogP contribution in [0, 0.1) is 0 Å². The van der Waals surface area contributed by atoms with Crippen LogP contribution >= 0.6 is 0 Å². The van der Waals surface area contributed by atoms with Crippen molar-refractivity contribution in [2.75, 3.05) is 25.2 Å². The first-order valence-electron chi connectivity index (χ1n) is 6.29. The third kappa shape index (κ3) is 2.08. The molecule has 0 bridgehead atoms. The number of imidazole rings is 1. The van der Waals surface area contributed by atoms with E-state index in [0.717, 1.165) is 0 Å². The topological polar surface area (TPSA) is 155 Å². The van der Waals surface area contributed by atoms with Crippen LogP contribution < -0.4 is 11.5 Å². The highest BCUT2D eigenvalue weighted by molar-refractivity contribution is 5.82. The van der Waals surface area contributed by atoms with Gasteiger partial charge in [0.25, 0.3) is 0 Å². The van der Waals surface area contributed by atoms with Crippen molar-refractivity contribution >= 4 is 22.9 Å².